The van der Waals surface area contributed by atoms with E-state index in [1.165, 1.54) is 18.5 Å². The Bertz CT molecular complexity index is 435. The minimum Gasteiger partial charge on any atom is -0.302 e. The van der Waals surface area contributed by atoms with Crippen molar-refractivity contribution in [3.05, 3.63) is 17.5 Å². The third-order valence-electron chi connectivity index (χ3n) is 4.88. The summed E-state index contributed by atoms with van der Waals surface area (Å²) in [5, 5.41) is 4.42. The molecular formula is C15H28N4. The van der Waals surface area contributed by atoms with E-state index >= 15 is 0 Å². The molecular weight excluding hydrogens is 236 g/mol. The van der Waals surface area contributed by atoms with Crippen LogP contribution in [0.25, 0.3) is 0 Å². The van der Waals surface area contributed by atoms with Crippen LogP contribution >= 0.6 is 0 Å². The summed E-state index contributed by atoms with van der Waals surface area (Å²) in [5.41, 5.74) is 2.81. The van der Waals surface area contributed by atoms with Crippen LogP contribution in [0.1, 0.15) is 31.5 Å². The van der Waals surface area contributed by atoms with E-state index in [4.69, 9.17) is 0 Å². The summed E-state index contributed by atoms with van der Waals surface area (Å²) in [4.78, 5) is 4.93. The lowest BCUT2D eigenvalue weighted by Crippen LogP contribution is -2.43. The molecule has 1 aromatic rings. The van der Waals surface area contributed by atoms with Gasteiger partial charge < -0.3 is 9.80 Å². The number of aromatic nitrogens is 2. The average molecular weight is 264 g/mol. The van der Waals surface area contributed by atoms with E-state index in [2.05, 4.69) is 56.0 Å². The summed E-state index contributed by atoms with van der Waals surface area (Å²) < 4.78 is 1.91. The molecule has 108 valence electrons. The van der Waals surface area contributed by atoms with Crippen molar-refractivity contribution < 1.29 is 0 Å². The van der Waals surface area contributed by atoms with Gasteiger partial charge in [0.1, 0.15) is 0 Å². The second-order valence-corrected chi connectivity index (χ2v) is 6.67. The Hall–Kier alpha value is -0.870. The highest BCUT2D eigenvalue weighted by Crippen LogP contribution is 2.33. The third-order valence-corrected chi connectivity index (χ3v) is 4.88. The Morgan fingerprint density at radius 2 is 2.11 bits per heavy atom. The predicted octanol–water partition coefficient (Wildman–Crippen LogP) is 1.89. The van der Waals surface area contributed by atoms with Gasteiger partial charge in [0.2, 0.25) is 0 Å². The number of likely N-dealkylation sites (tertiary alicyclic amines) is 1. The van der Waals surface area contributed by atoms with Gasteiger partial charge in [-0.3, -0.25) is 4.68 Å². The lowest BCUT2D eigenvalue weighted by molar-refractivity contribution is 0.140. The minimum absolute atomic E-state index is 0.318. The van der Waals surface area contributed by atoms with Crippen molar-refractivity contribution in [2.24, 2.45) is 13.0 Å². The van der Waals surface area contributed by atoms with Gasteiger partial charge in [-0.25, -0.2) is 0 Å². The highest BCUT2D eigenvalue weighted by molar-refractivity contribution is 5.15. The molecule has 0 spiro atoms. The molecule has 0 unspecified atom stereocenters. The van der Waals surface area contributed by atoms with Crippen molar-refractivity contribution in [3.8, 4) is 0 Å². The summed E-state index contributed by atoms with van der Waals surface area (Å²) >= 11 is 0. The zero-order valence-corrected chi connectivity index (χ0v) is 13.3. The van der Waals surface area contributed by atoms with E-state index in [1.54, 1.807) is 0 Å². The van der Waals surface area contributed by atoms with Crippen LogP contribution in [0.2, 0.25) is 0 Å². The van der Waals surface area contributed by atoms with Gasteiger partial charge >= 0.3 is 0 Å². The van der Waals surface area contributed by atoms with E-state index in [9.17, 15) is 0 Å². The van der Waals surface area contributed by atoms with E-state index in [0.29, 0.717) is 5.54 Å². The van der Waals surface area contributed by atoms with Gasteiger partial charge in [-0.2, -0.15) is 5.10 Å². The zero-order valence-electron chi connectivity index (χ0n) is 13.3. The van der Waals surface area contributed by atoms with Gasteiger partial charge in [-0.15, -0.1) is 0 Å². The molecule has 0 saturated carbocycles. The Balaban J connectivity index is 1.95. The smallest absolute Gasteiger partial charge is 0.0638 e. The zero-order chi connectivity index (χ0) is 14.2. The third kappa shape index (κ3) is 3.00. The molecule has 1 aliphatic heterocycles. The van der Waals surface area contributed by atoms with Crippen LogP contribution < -0.4 is 0 Å². The fourth-order valence-electron chi connectivity index (χ4n) is 3.15. The van der Waals surface area contributed by atoms with Crippen molar-refractivity contribution in [1.82, 2.24) is 19.6 Å². The molecule has 1 fully saturated rings. The number of hydrogen-bond acceptors (Lipinski definition) is 3. The van der Waals surface area contributed by atoms with Crippen LogP contribution in [-0.4, -0.2) is 52.3 Å². The van der Waals surface area contributed by atoms with Gasteiger partial charge in [-0.1, -0.05) is 0 Å². The van der Waals surface area contributed by atoms with Crippen LogP contribution in [0.5, 0.6) is 0 Å². The quantitative estimate of drug-likeness (QED) is 0.830. The maximum Gasteiger partial charge on any atom is 0.0638 e. The van der Waals surface area contributed by atoms with Gasteiger partial charge in [-0.05, 0) is 53.8 Å². The Labute approximate surface area is 117 Å². The molecule has 1 aliphatic rings. The van der Waals surface area contributed by atoms with Crippen LogP contribution in [0.15, 0.2) is 6.20 Å². The van der Waals surface area contributed by atoms with Crippen molar-refractivity contribution in [3.63, 3.8) is 0 Å². The van der Waals surface area contributed by atoms with Gasteiger partial charge in [0.05, 0.1) is 5.69 Å². The second kappa shape index (κ2) is 5.25. The van der Waals surface area contributed by atoms with Crippen LogP contribution in [0, 0.1) is 12.8 Å². The van der Waals surface area contributed by atoms with Crippen molar-refractivity contribution in [2.75, 3.05) is 27.2 Å². The fourth-order valence-corrected chi connectivity index (χ4v) is 3.15. The summed E-state index contributed by atoms with van der Waals surface area (Å²) in [6, 6.07) is 0. The maximum atomic E-state index is 4.42. The van der Waals surface area contributed by atoms with Crippen LogP contribution in [-0.2, 0) is 13.6 Å². The monoisotopic (exact) mass is 264 g/mol. The van der Waals surface area contributed by atoms with Gasteiger partial charge in [0, 0.05) is 37.4 Å². The van der Waals surface area contributed by atoms with E-state index in [0.717, 1.165) is 24.7 Å². The summed E-state index contributed by atoms with van der Waals surface area (Å²) in [6.45, 7) is 10.2. The number of rotatable bonds is 4. The Morgan fingerprint density at radius 1 is 1.42 bits per heavy atom. The standard InChI is InChI=1S/C15H28N4/c1-12-13(10-19(6)16-12)9-17(4)11-14-7-8-18(5)15(14,2)3/h10,14H,7-9,11H2,1-6H3/t14-/m1/s1. The first-order valence-corrected chi connectivity index (χ1v) is 7.19. The Morgan fingerprint density at radius 3 is 2.58 bits per heavy atom. The predicted molar refractivity (Wildman–Crippen MR) is 79.1 cm³/mol. The van der Waals surface area contributed by atoms with Crippen molar-refractivity contribution in [1.29, 1.82) is 0 Å². The first kappa shape index (κ1) is 14.5. The molecule has 0 amide bonds. The van der Waals surface area contributed by atoms with Crippen LogP contribution in [0.3, 0.4) is 0 Å². The fraction of sp³-hybridized carbons (Fsp3) is 0.800. The lowest BCUT2D eigenvalue weighted by Gasteiger charge is -2.35. The van der Waals surface area contributed by atoms with Crippen molar-refractivity contribution in [2.45, 2.75) is 39.3 Å². The molecule has 19 heavy (non-hydrogen) atoms. The minimum atomic E-state index is 0.318. The molecule has 1 atom stereocenters. The summed E-state index contributed by atoms with van der Waals surface area (Å²) in [7, 11) is 6.46. The molecule has 0 aromatic carbocycles. The molecule has 0 radical (unpaired) electrons. The van der Waals surface area contributed by atoms with E-state index in [-0.39, 0.29) is 0 Å². The summed E-state index contributed by atoms with van der Waals surface area (Å²) in [5.74, 6) is 0.750. The molecule has 4 nitrogen and oxygen atoms in total. The van der Waals surface area contributed by atoms with E-state index < -0.39 is 0 Å². The van der Waals surface area contributed by atoms with Gasteiger partial charge in [0.25, 0.3) is 0 Å². The first-order valence-electron chi connectivity index (χ1n) is 7.19. The Kier molecular flexibility index (Phi) is 4.02. The molecule has 1 aromatic heterocycles. The number of hydrogen-bond donors (Lipinski definition) is 0. The summed E-state index contributed by atoms with van der Waals surface area (Å²) in [6.07, 6.45) is 3.44. The largest absolute Gasteiger partial charge is 0.302 e. The number of nitrogens with zero attached hydrogens (tertiary/aromatic N) is 4. The average Bonchev–Trinajstić information content (AvgIpc) is 2.73. The topological polar surface area (TPSA) is 24.3 Å². The first-order chi connectivity index (χ1) is 8.80. The molecule has 2 heterocycles. The molecule has 0 bridgehead atoms. The van der Waals surface area contributed by atoms with Crippen LogP contribution in [0.4, 0.5) is 0 Å². The van der Waals surface area contributed by atoms with Crippen molar-refractivity contribution >= 4 is 0 Å². The number of aryl methyl sites for hydroxylation is 2. The highest BCUT2D eigenvalue weighted by Gasteiger charge is 2.39. The van der Waals surface area contributed by atoms with Gasteiger partial charge in [0.15, 0.2) is 0 Å². The molecule has 2 rings (SSSR count). The molecule has 0 N–H and O–H groups in total. The normalized spacial score (nSPS) is 23.4. The maximum absolute atomic E-state index is 4.42. The molecule has 4 heteroatoms. The molecule has 0 aliphatic carbocycles. The highest BCUT2D eigenvalue weighted by atomic mass is 15.3. The molecule has 1 saturated heterocycles. The van der Waals surface area contributed by atoms with E-state index in [1.807, 2.05) is 11.7 Å². The second-order valence-electron chi connectivity index (χ2n) is 6.67. The SMILES string of the molecule is Cc1nn(C)cc1CN(C)C[C@H]1CCN(C)C1(C)C. The lowest BCUT2D eigenvalue weighted by atomic mass is 9.88.